The van der Waals surface area contributed by atoms with Crippen LogP contribution < -0.4 is 16.4 Å². The smallest absolute Gasteiger partial charge is 0.252 e. The summed E-state index contributed by atoms with van der Waals surface area (Å²) in [4.78, 5) is 30.2. The first kappa shape index (κ1) is 24.0. The normalized spacial score (nSPS) is 17.4. The number of ether oxygens (including phenoxy) is 1. The van der Waals surface area contributed by atoms with E-state index in [1.807, 2.05) is 17.9 Å². The predicted molar refractivity (Wildman–Crippen MR) is 133 cm³/mol. The Kier molecular flexibility index (Phi) is 8.00. The molecule has 182 valence electrons. The fraction of sp³-hybridized carbons (Fsp3) is 0.500. The van der Waals surface area contributed by atoms with Crippen LogP contribution in [0.25, 0.3) is 0 Å². The average Bonchev–Trinajstić information content (AvgIpc) is 2.88. The van der Waals surface area contributed by atoms with Crippen molar-refractivity contribution in [2.75, 3.05) is 43.5 Å². The molecule has 4 N–H and O–H groups in total. The van der Waals surface area contributed by atoms with Gasteiger partial charge in [-0.25, -0.2) is 4.98 Å². The molecular formula is C26H35N5O3. The molecule has 2 aromatic rings. The minimum absolute atomic E-state index is 0.216. The van der Waals surface area contributed by atoms with Crippen molar-refractivity contribution in [3.8, 4) is 0 Å². The molecule has 4 rings (SSSR count). The lowest BCUT2D eigenvalue weighted by atomic mass is 9.92. The maximum atomic E-state index is 12.0. The van der Waals surface area contributed by atoms with Crippen molar-refractivity contribution in [2.45, 2.75) is 44.9 Å². The second-order valence-corrected chi connectivity index (χ2v) is 9.17. The highest BCUT2D eigenvalue weighted by Crippen LogP contribution is 2.29. The molecule has 0 atom stereocenters. The van der Waals surface area contributed by atoms with E-state index in [1.165, 1.54) is 11.8 Å². The van der Waals surface area contributed by atoms with Crippen LogP contribution in [-0.4, -0.2) is 54.5 Å². The number of primary amides is 1. The summed E-state index contributed by atoms with van der Waals surface area (Å²) in [6.45, 7) is 5.84. The lowest BCUT2D eigenvalue weighted by Gasteiger charge is -2.32. The number of nitrogens with one attached hydrogen (secondary N) is 2. The van der Waals surface area contributed by atoms with Crippen molar-refractivity contribution >= 4 is 29.0 Å². The van der Waals surface area contributed by atoms with Gasteiger partial charge in [-0.3, -0.25) is 9.59 Å². The summed E-state index contributed by atoms with van der Waals surface area (Å²) in [7, 11) is 0. The number of nitrogens with two attached hydrogens (primary N) is 1. The first-order valence-corrected chi connectivity index (χ1v) is 12.3. The lowest BCUT2D eigenvalue weighted by Crippen LogP contribution is -2.39. The Labute approximate surface area is 201 Å². The summed E-state index contributed by atoms with van der Waals surface area (Å²) in [6, 6.07) is 10.3. The number of likely N-dealkylation sites (tertiary alicyclic amines) is 1. The summed E-state index contributed by atoms with van der Waals surface area (Å²) in [5.41, 5.74) is 8.91. The maximum Gasteiger partial charge on any atom is 0.252 e. The van der Waals surface area contributed by atoms with Crippen molar-refractivity contribution in [3.05, 3.63) is 47.7 Å². The molecule has 2 saturated heterocycles. The van der Waals surface area contributed by atoms with E-state index in [0.717, 1.165) is 64.2 Å². The van der Waals surface area contributed by atoms with Crippen LogP contribution in [0, 0.1) is 5.92 Å². The van der Waals surface area contributed by atoms with Gasteiger partial charge >= 0.3 is 0 Å². The van der Waals surface area contributed by atoms with Gasteiger partial charge in [0.2, 0.25) is 5.91 Å². The van der Waals surface area contributed by atoms with Gasteiger partial charge in [0.15, 0.2) is 0 Å². The van der Waals surface area contributed by atoms with Crippen molar-refractivity contribution in [1.82, 2.24) is 9.88 Å². The standard InChI is InChI=1S/C26H35N5O3/c1-2-25(32)31-11-7-18(8-12-31)16-28-23-15-24(29-17-22(23)26(27)33)30-21-5-3-19(4-6-21)20-9-13-34-14-10-20/h3-6,15,17-18,20H,2,7-14,16H2,1H3,(H2,27,33)(H2,28,29,30). The molecule has 0 unspecified atom stereocenters. The van der Waals surface area contributed by atoms with Crippen molar-refractivity contribution in [1.29, 1.82) is 0 Å². The number of hydrogen-bond acceptors (Lipinski definition) is 6. The largest absolute Gasteiger partial charge is 0.384 e. The number of pyridine rings is 1. The molecule has 0 spiro atoms. The summed E-state index contributed by atoms with van der Waals surface area (Å²) >= 11 is 0. The van der Waals surface area contributed by atoms with Crippen LogP contribution >= 0.6 is 0 Å². The highest BCUT2D eigenvalue weighted by Gasteiger charge is 2.22. The number of carbonyl (C=O) groups is 2. The molecule has 0 saturated carbocycles. The van der Waals surface area contributed by atoms with E-state index < -0.39 is 5.91 Å². The Morgan fingerprint density at radius 3 is 2.47 bits per heavy atom. The number of benzene rings is 1. The molecular weight excluding hydrogens is 430 g/mol. The van der Waals surface area contributed by atoms with Gasteiger partial charge in [0.1, 0.15) is 5.82 Å². The first-order chi connectivity index (χ1) is 16.5. The van der Waals surface area contributed by atoms with E-state index in [2.05, 4.69) is 39.9 Å². The zero-order valence-electron chi connectivity index (χ0n) is 19.9. The van der Waals surface area contributed by atoms with E-state index in [1.54, 1.807) is 0 Å². The van der Waals surface area contributed by atoms with Crippen LogP contribution in [0.3, 0.4) is 0 Å². The number of rotatable bonds is 8. The number of amides is 2. The molecule has 2 fully saturated rings. The third-order valence-corrected chi connectivity index (χ3v) is 6.90. The zero-order chi connectivity index (χ0) is 23.9. The molecule has 1 aromatic heterocycles. The Morgan fingerprint density at radius 1 is 1.12 bits per heavy atom. The van der Waals surface area contributed by atoms with Crippen molar-refractivity contribution in [3.63, 3.8) is 0 Å². The SMILES string of the molecule is CCC(=O)N1CCC(CNc2cc(Nc3ccc(C4CCOCC4)cc3)ncc2C(N)=O)CC1. The minimum atomic E-state index is -0.509. The zero-order valence-corrected chi connectivity index (χ0v) is 19.9. The number of carbonyl (C=O) groups excluding carboxylic acids is 2. The van der Waals surface area contributed by atoms with E-state index >= 15 is 0 Å². The maximum absolute atomic E-state index is 12.0. The van der Waals surface area contributed by atoms with Gasteiger partial charge in [0, 0.05) is 57.2 Å². The van der Waals surface area contributed by atoms with E-state index in [0.29, 0.717) is 35.3 Å². The quantitative estimate of drug-likeness (QED) is 0.546. The van der Waals surface area contributed by atoms with Crippen LogP contribution in [-0.2, 0) is 9.53 Å². The highest BCUT2D eigenvalue weighted by atomic mass is 16.5. The number of anilines is 3. The Balaban J connectivity index is 1.38. The second-order valence-electron chi connectivity index (χ2n) is 9.17. The minimum Gasteiger partial charge on any atom is -0.384 e. The van der Waals surface area contributed by atoms with Gasteiger partial charge in [-0.2, -0.15) is 0 Å². The van der Waals surface area contributed by atoms with E-state index in [4.69, 9.17) is 10.5 Å². The fourth-order valence-corrected chi connectivity index (χ4v) is 4.75. The summed E-state index contributed by atoms with van der Waals surface area (Å²) in [6.07, 6.45) is 6.08. The lowest BCUT2D eigenvalue weighted by molar-refractivity contribution is -0.132. The van der Waals surface area contributed by atoms with Gasteiger partial charge in [-0.15, -0.1) is 0 Å². The summed E-state index contributed by atoms with van der Waals surface area (Å²) < 4.78 is 5.46. The summed E-state index contributed by atoms with van der Waals surface area (Å²) in [5.74, 6) is 1.34. The molecule has 0 bridgehead atoms. The van der Waals surface area contributed by atoms with Crippen molar-refractivity contribution < 1.29 is 14.3 Å². The van der Waals surface area contributed by atoms with E-state index in [9.17, 15) is 9.59 Å². The molecule has 8 nitrogen and oxygen atoms in total. The van der Waals surface area contributed by atoms with Gasteiger partial charge in [0.25, 0.3) is 5.91 Å². The second kappa shape index (κ2) is 11.3. The predicted octanol–water partition coefficient (Wildman–Crippen LogP) is 3.88. The Hall–Kier alpha value is -3.13. The average molecular weight is 466 g/mol. The molecule has 0 aliphatic carbocycles. The molecule has 0 radical (unpaired) electrons. The molecule has 1 aromatic carbocycles. The Bertz CT molecular complexity index is 980. The molecule has 2 aliphatic heterocycles. The number of hydrogen-bond donors (Lipinski definition) is 3. The van der Waals surface area contributed by atoms with Crippen LogP contribution in [0.1, 0.15) is 60.9 Å². The fourth-order valence-electron chi connectivity index (χ4n) is 4.75. The van der Waals surface area contributed by atoms with Gasteiger partial charge in [-0.05, 0) is 55.2 Å². The van der Waals surface area contributed by atoms with Crippen LogP contribution in [0.2, 0.25) is 0 Å². The van der Waals surface area contributed by atoms with Crippen LogP contribution in [0.5, 0.6) is 0 Å². The number of piperidine rings is 1. The molecule has 2 aliphatic rings. The molecule has 34 heavy (non-hydrogen) atoms. The number of nitrogens with zero attached hydrogens (tertiary/aromatic N) is 2. The van der Waals surface area contributed by atoms with E-state index in [-0.39, 0.29) is 5.91 Å². The molecule has 3 heterocycles. The molecule has 8 heteroatoms. The van der Waals surface area contributed by atoms with Crippen molar-refractivity contribution in [2.24, 2.45) is 11.7 Å². The first-order valence-electron chi connectivity index (χ1n) is 12.3. The van der Waals surface area contributed by atoms with Crippen LogP contribution in [0.15, 0.2) is 36.5 Å². The third-order valence-electron chi connectivity index (χ3n) is 6.90. The molecule has 2 amide bonds. The van der Waals surface area contributed by atoms with Gasteiger partial charge < -0.3 is 26.0 Å². The Morgan fingerprint density at radius 2 is 1.82 bits per heavy atom. The topological polar surface area (TPSA) is 110 Å². The monoisotopic (exact) mass is 465 g/mol. The number of aromatic nitrogens is 1. The van der Waals surface area contributed by atoms with Gasteiger partial charge in [0.05, 0.1) is 11.3 Å². The van der Waals surface area contributed by atoms with Crippen LogP contribution in [0.4, 0.5) is 17.2 Å². The summed E-state index contributed by atoms with van der Waals surface area (Å²) in [5, 5.41) is 6.74. The van der Waals surface area contributed by atoms with Gasteiger partial charge in [-0.1, -0.05) is 19.1 Å². The highest BCUT2D eigenvalue weighted by molar-refractivity contribution is 5.98. The third kappa shape index (κ3) is 6.05.